The van der Waals surface area contributed by atoms with Crippen LogP contribution in [0.4, 0.5) is 0 Å². The molecule has 0 aliphatic rings. The first kappa shape index (κ1) is 25.1. The quantitative estimate of drug-likeness (QED) is 0.134. The van der Waals surface area contributed by atoms with Crippen molar-refractivity contribution < 1.29 is 30.0 Å². The topological polar surface area (TPSA) is 107 Å². The first-order valence-electron chi connectivity index (χ1n) is 10.0. The second kappa shape index (κ2) is 14.2. The lowest BCUT2D eigenvalue weighted by Crippen LogP contribution is -2.59. The summed E-state index contributed by atoms with van der Waals surface area (Å²) < 4.78 is 4.22. The summed E-state index contributed by atoms with van der Waals surface area (Å²) in [5, 5.41) is 38.6. The number of rotatable bonds is 17. The van der Waals surface area contributed by atoms with Gasteiger partial charge in [-0.15, -0.1) is 0 Å². The molecule has 6 nitrogen and oxygen atoms in total. The molecule has 0 saturated heterocycles. The number of carbonyl (C=O) groups excluding carboxylic acids is 1. The van der Waals surface area contributed by atoms with Gasteiger partial charge in [-0.25, -0.2) is 4.79 Å². The number of hydrogen-bond acceptors (Lipinski definition) is 6. The van der Waals surface area contributed by atoms with Crippen LogP contribution in [0.15, 0.2) is 12.8 Å². The number of esters is 1. The van der Waals surface area contributed by atoms with Crippen LogP contribution >= 0.6 is 0 Å². The Bertz CT molecular complexity index is 378. The summed E-state index contributed by atoms with van der Waals surface area (Å²) in [6.07, 6.45) is 15.1. The van der Waals surface area contributed by atoms with E-state index in [2.05, 4.69) is 18.2 Å². The van der Waals surface area contributed by atoms with Gasteiger partial charge in [0, 0.05) is 6.42 Å². The Hall–Kier alpha value is -0.950. The Morgan fingerprint density at radius 3 is 1.58 bits per heavy atom. The first-order valence-corrected chi connectivity index (χ1v) is 10.0. The van der Waals surface area contributed by atoms with Gasteiger partial charge in [0.1, 0.15) is 0 Å². The standard InChI is InChI=1S/C20H38O6/c1-3-5-6-7-8-9-10-11-12-13-14-15-16-17-19(22,23)20(24,25)18(21)26-4-2/h4,22-25H,2-3,5-17H2,1H3. The smallest absolute Gasteiger partial charge is 0.377 e. The van der Waals surface area contributed by atoms with Gasteiger partial charge in [-0.1, -0.05) is 90.6 Å². The van der Waals surface area contributed by atoms with Gasteiger partial charge >= 0.3 is 11.8 Å². The third-order valence-corrected chi connectivity index (χ3v) is 4.66. The molecule has 0 aromatic rings. The van der Waals surface area contributed by atoms with Crippen LogP contribution in [0.25, 0.3) is 0 Å². The molecular formula is C20H38O6. The second-order valence-corrected chi connectivity index (χ2v) is 7.05. The maximum Gasteiger partial charge on any atom is 0.377 e. The third kappa shape index (κ3) is 10.3. The van der Waals surface area contributed by atoms with Crippen LogP contribution in [0.3, 0.4) is 0 Å². The zero-order valence-electron chi connectivity index (χ0n) is 16.3. The number of ether oxygens (including phenoxy) is 1. The van der Waals surface area contributed by atoms with E-state index >= 15 is 0 Å². The normalized spacial score (nSPS) is 12.2. The van der Waals surface area contributed by atoms with Gasteiger partial charge in [-0.2, -0.15) is 0 Å². The van der Waals surface area contributed by atoms with Crippen molar-refractivity contribution in [1.29, 1.82) is 0 Å². The summed E-state index contributed by atoms with van der Waals surface area (Å²) in [6, 6.07) is 0. The number of hydrogen-bond donors (Lipinski definition) is 4. The minimum Gasteiger partial charge on any atom is -0.431 e. The predicted molar refractivity (Wildman–Crippen MR) is 101 cm³/mol. The maximum absolute atomic E-state index is 11.3. The Morgan fingerprint density at radius 2 is 1.19 bits per heavy atom. The van der Waals surface area contributed by atoms with Crippen molar-refractivity contribution in [2.24, 2.45) is 0 Å². The summed E-state index contributed by atoms with van der Waals surface area (Å²) in [5.41, 5.74) is 0. The van der Waals surface area contributed by atoms with Gasteiger partial charge < -0.3 is 25.2 Å². The van der Waals surface area contributed by atoms with E-state index in [-0.39, 0.29) is 6.42 Å². The number of unbranched alkanes of at least 4 members (excludes halogenated alkanes) is 12. The molecule has 0 amide bonds. The Labute approximate surface area is 157 Å². The monoisotopic (exact) mass is 374 g/mol. The SMILES string of the molecule is C=COC(=O)C(O)(O)C(O)(O)CCCCCCCCCCCCCCC. The van der Waals surface area contributed by atoms with E-state index in [0.29, 0.717) is 12.7 Å². The average molecular weight is 375 g/mol. The van der Waals surface area contributed by atoms with E-state index < -0.39 is 17.5 Å². The van der Waals surface area contributed by atoms with Crippen molar-refractivity contribution in [3.05, 3.63) is 12.8 Å². The summed E-state index contributed by atoms with van der Waals surface area (Å²) in [7, 11) is 0. The lowest BCUT2D eigenvalue weighted by molar-refractivity contribution is -0.346. The minimum atomic E-state index is -3.38. The molecule has 0 bridgehead atoms. The Balaban J connectivity index is 3.67. The van der Waals surface area contributed by atoms with Crippen molar-refractivity contribution in [3.63, 3.8) is 0 Å². The molecule has 0 aliphatic heterocycles. The van der Waals surface area contributed by atoms with Gasteiger partial charge in [-0.05, 0) is 6.42 Å². The van der Waals surface area contributed by atoms with Crippen LogP contribution in [0, 0.1) is 0 Å². The fraction of sp³-hybridized carbons (Fsp3) is 0.850. The van der Waals surface area contributed by atoms with E-state index in [0.717, 1.165) is 25.7 Å². The minimum absolute atomic E-state index is 0.329. The van der Waals surface area contributed by atoms with E-state index in [1.807, 2.05) is 0 Å². The average Bonchev–Trinajstić information content (AvgIpc) is 2.59. The van der Waals surface area contributed by atoms with Gasteiger partial charge in [0.05, 0.1) is 6.26 Å². The molecule has 4 N–H and O–H groups in total. The van der Waals surface area contributed by atoms with Crippen molar-refractivity contribution in [3.8, 4) is 0 Å². The molecule has 0 unspecified atom stereocenters. The molecule has 0 saturated carbocycles. The van der Waals surface area contributed by atoms with E-state index in [9.17, 15) is 25.2 Å². The predicted octanol–water partition coefficient (Wildman–Crippen LogP) is 3.52. The molecule has 0 fully saturated rings. The van der Waals surface area contributed by atoms with Crippen LogP contribution in [-0.2, 0) is 9.53 Å². The Morgan fingerprint density at radius 1 is 0.808 bits per heavy atom. The van der Waals surface area contributed by atoms with E-state index in [1.54, 1.807) is 0 Å². The molecule has 0 heterocycles. The van der Waals surface area contributed by atoms with Gasteiger partial charge in [0.15, 0.2) is 0 Å². The van der Waals surface area contributed by atoms with Crippen LogP contribution in [0.5, 0.6) is 0 Å². The molecule has 6 heteroatoms. The third-order valence-electron chi connectivity index (χ3n) is 4.66. The summed E-state index contributed by atoms with van der Waals surface area (Å²) in [5.74, 6) is -7.89. The first-order chi connectivity index (χ1) is 12.3. The van der Waals surface area contributed by atoms with Crippen molar-refractivity contribution in [2.45, 2.75) is 108 Å². The molecular weight excluding hydrogens is 336 g/mol. The van der Waals surface area contributed by atoms with Crippen LogP contribution in [0.2, 0.25) is 0 Å². The van der Waals surface area contributed by atoms with Crippen molar-refractivity contribution in [2.75, 3.05) is 0 Å². The largest absolute Gasteiger partial charge is 0.431 e. The molecule has 154 valence electrons. The van der Waals surface area contributed by atoms with Crippen LogP contribution in [-0.4, -0.2) is 38.0 Å². The second-order valence-electron chi connectivity index (χ2n) is 7.05. The highest BCUT2D eigenvalue weighted by Crippen LogP contribution is 2.25. The number of aliphatic hydroxyl groups is 4. The summed E-state index contributed by atoms with van der Waals surface area (Å²) >= 11 is 0. The van der Waals surface area contributed by atoms with Gasteiger partial charge in [0.25, 0.3) is 0 Å². The van der Waals surface area contributed by atoms with E-state index in [4.69, 9.17) is 0 Å². The zero-order chi connectivity index (χ0) is 19.9. The highest BCUT2D eigenvalue weighted by Gasteiger charge is 2.54. The lowest BCUT2D eigenvalue weighted by atomic mass is 9.98. The summed E-state index contributed by atoms with van der Waals surface area (Å²) in [4.78, 5) is 11.3. The fourth-order valence-electron chi connectivity index (χ4n) is 2.88. The van der Waals surface area contributed by atoms with Crippen molar-refractivity contribution >= 4 is 5.97 Å². The molecule has 0 atom stereocenters. The van der Waals surface area contributed by atoms with Gasteiger partial charge in [0.2, 0.25) is 5.79 Å². The Kier molecular flexibility index (Phi) is 13.6. The zero-order valence-corrected chi connectivity index (χ0v) is 16.3. The van der Waals surface area contributed by atoms with Crippen LogP contribution in [0.1, 0.15) is 96.8 Å². The van der Waals surface area contributed by atoms with E-state index in [1.165, 1.54) is 51.4 Å². The molecule has 0 aromatic heterocycles. The molecule has 0 rings (SSSR count). The lowest BCUT2D eigenvalue weighted by Gasteiger charge is -2.32. The molecule has 26 heavy (non-hydrogen) atoms. The van der Waals surface area contributed by atoms with Crippen molar-refractivity contribution in [1.82, 2.24) is 0 Å². The summed E-state index contributed by atoms with van der Waals surface area (Å²) in [6.45, 7) is 5.33. The van der Waals surface area contributed by atoms with Crippen LogP contribution < -0.4 is 0 Å². The highest BCUT2D eigenvalue weighted by atomic mass is 16.6. The highest BCUT2D eigenvalue weighted by molar-refractivity contribution is 5.78. The fourth-order valence-corrected chi connectivity index (χ4v) is 2.88. The van der Waals surface area contributed by atoms with Gasteiger partial charge in [-0.3, -0.25) is 0 Å². The maximum atomic E-state index is 11.3. The number of carbonyl (C=O) groups is 1. The molecule has 0 radical (unpaired) electrons. The molecule has 0 aromatic carbocycles. The molecule has 0 spiro atoms. The molecule has 0 aliphatic carbocycles.